The zero-order valence-electron chi connectivity index (χ0n) is 13.8. The highest BCUT2D eigenvalue weighted by Crippen LogP contribution is 2.32. The molecule has 3 aromatic carbocycles. The summed E-state index contributed by atoms with van der Waals surface area (Å²) in [5.74, 6) is 0.333. The van der Waals surface area contributed by atoms with Gasteiger partial charge < -0.3 is 9.72 Å². The topological polar surface area (TPSA) is 42.1 Å². The van der Waals surface area contributed by atoms with Crippen LogP contribution in [0.4, 0.5) is 0 Å². The van der Waals surface area contributed by atoms with Crippen molar-refractivity contribution in [2.24, 2.45) is 0 Å². The van der Waals surface area contributed by atoms with Gasteiger partial charge in [-0.2, -0.15) is 0 Å². The lowest BCUT2D eigenvalue weighted by atomic mass is 10.1. The van der Waals surface area contributed by atoms with Crippen molar-refractivity contribution in [3.63, 3.8) is 0 Å². The maximum absolute atomic E-state index is 12.0. The summed E-state index contributed by atoms with van der Waals surface area (Å²) in [6.45, 7) is 0.388. The summed E-state index contributed by atoms with van der Waals surface area (Å²) < 4.78 is 5.93. The molecule has 0 atom stereocenters. The normalized spacial score (nSPS) is 11.2. The number of aromatic nitrogens is 1. The Hall–Kier alpha value is -2.49. The molecule has 0 saturated carbocycles. The highest BCUT2D eigenvalue weighted by Gasteiger charge is 2.14. The molecule has 130 valence electrons. The second-order valence-corrected chi connectivity index (χ2v) is 6.73. The number of rotatable bonds is 5. The number of Topliss-reactive ketones (excluding diaryl/α,β-unsaturated/α-hetero) is 1. The van der Waals surface area contributed by atoms with E-state index in [2.05, 4.69) is 29.2 Å². The number of ether oxygens (including phenoxy) is 1. The van der Waals surface area contributed by atoms with Crippen LogP contribution in [0.5, 0.6) is 5.75 Å². The molecular formula is C21H15Cl2NO2. The number of alkyl halides is 1. The van der Waals surface area contributed by atoms with Crippen molar-refractivity contribution in [1.29, 1.82) is 0 Å². The van der Waals surface area contributed by atoms with Gasteiger partial charge in [0.15, 0.2) is 5.78 Å². The van der Waals surface area contributed by atoms with E-state index in [4.69, 9.17) is 27.9 Å². The zero-order chi connectivity index (χ0) is 18.1. The standard InChI is InChI=1S/C21H15Cl2NO2/c22-10-20(25)17-11-24-19-9-18(23)21(8-16(17)19)26-12-13-5-6-14-3-1-2-4-15(14)7-13/h1-9,11,24H,10,12H2. The molecule has 0 unspecified atom stereocenters. The molecule has 0 fully saturated rings. The number of fused-ring (bicyclic) bond motifs is 2. The average Bonchev–Trinajstić information content (AvgIpc) is 3.07. The SMILES string of the molecule is O=C(CCl)c1c[nH]c2cc(Cl)c(OCc3ccc4ccccc4c3)cc12. The molecule has 1 aromatic heterocycles. The first-order valence-electron chi connectivity index (χ1n) is 8.16. The minimum atomic E-state index is -0.138. The van der Waals surface area contributed by atoms with Crippen molar-refractivity contribution >= 4 is 50.7 Å². The van der Waals surface area contributed by atoms with E-state index in [0.29, 0.717) is 22.9 Å². The van der Waals surface area contributed by atoms with E-state index in [0.717, 1.165) is 21.9 Å². The number of halogens is 2. The molecule has 0 saturated heterocycles. The van der Waals surface area contributed by atoms with Crippen molar-refractivity contribution in [2.45, 2.75) is 6.61 Å². The number of H-pyrrole nitrogens is 1. The van der Waals surface area contributed by atoms with E-state index in [1.807, 2.05) is 18.2 Å². The van der Waals surface area contributed by atoms with Crippen molar-refractivity contribution in [2.75, 3.05) is 5.88 Å². The Morgan fingerprint density at radius 1 is 1.04 bits per heavy atom. The van der Waals surface area contributed by atoms with Crippen LogP contribution in [0.2, 0.25) is 5.02 Å². The first-order chi connectivity index (χ1) is 12.7. The van der Waals surface area contributed by atoms with Gasteiger partial charge in [0, 0.05) is 22.7 Å². The van der Waals surface area contributed by atoms with Crippen molar-refractivity contribution < 1.29 is 9.53 Å². The molecule has 0 amide bonds. The Labute approximate surface area is 160 Å². The van der Waals surface area contributed by atoms with Crippen LogP contribution >= 0.6 is 23.2 Å². The molecule has 0 aliphatic heterocycles. The summed E-state index contributed by atoms with van der Waals surface area (Å²) in [6, 6.07) is 17.9. The van der Waals surface area contributed by atoms with Crippen LogP contribution in [0.3, 0.4) is 0 Å². The summed E-state index contributed by atoms with van der Waals surface area (Å²) in [4.78, 5) is 15.0. The number of carbonyl (C=O) groups is 1. The van der Waals surface area contributed by atoms with Gasteiger partial charge in [-0.1, -0.05) is 48.0 Å². The third kappa shape index (κ3) is 3.16. The summed E-state index contributed by atoms with van der Waals surface area (Å²) in [7, 11) is 0. The third-order valence-corrected chi connectivity index (χ3v) is 4.90. The van der Waals surface area contributed by atoms with Gasteiger partial charge in [-0.3, -0.25) is 4.79 Å². The molecule has 1 N–H and O–H groups in total. The molecule has 0 aliphatic carbocycles. The molecule has 1 heterocycles. The van der Waals surface area contributed by atoms with E-state index in [9.17, 15) is 4.79 Å². The van der Waals surface area contributed by atoms with Gasteiger partial charge in [0.05, 0.1) is 10.9 Å². The van der Waals surface area contributed by atoms with Crippen LogP contribution in [0.1, 0.15) is 15.9 Å². The third-order valence-electron chi connectivity index (χ3n) is 4.36. The fourth-order valence-corrected chi connectivity index (χ4v) is 3.39. The van der Waals surface area contributed by atoms with Crippen molar-refractivity contribution in [3.8, 4) is 5.75 Å². The van der Waals surface area contributed by atoms with Gasteiger partial charge in [0.2, 0.25) is 0 Å². The van der Waals surface area contributed by atoms with Gasteiger partial charge in [-0.15, -0.1) is 11.6 Å². The lowest BCUT2D eigenvalue weighted by molar-refractivity contribution is 0.102. The fraction of sp³-hybridized carbons (Fsp3) is 0.0952. The number of aromatic amines is 1. The van der Waals surface area contributed by atoms with Crippen LogP contribution in [0, 0.1) is 0 Å². The van der Waals surface area contributed by atoms with Gasteiger partial charge in [-0.05, 0) is 34.5 Å². The number of benzene rings is 3. The highest BCUT2D eigenvalue weighted by molar-refractivity contribution is 6.34. The molecule has 4 aromatic rings. The van der Waals surface area contributed by atoms with Crippen LogP contribution < -0.4 is 4.74 Å². The molecule has 0 aliphatic rings. The maximum atomic E-state index is 12.0. The minimum Gasteiger partial charge on any atom is -0.487 e. The number of hydrogen-bond donors (Lipinski definition) is 1. The Balaban J connectivity index is 1.63. The molecule has 3 nitrogen and oxygen atoms in total. The second-order valence-electron chi connectivity index (χ2n) is 6.06. The number of carbonyl (C=O) groups excluding carboxylic acids is 1. The maximum Gasteiger partial charge on any atom is 0.179 e. The predicted molar refractivity (Wildman–Crippen MR) is 107 cm³/mol. The first-order valence-corrected chi connectivity index (χ1v) is 9.07. The lowest BCUT2D eigenvalue weighted by Gasteiger charge is -2.10. The first kappa shape index (κ1) is 17.0. The molecule has 4 rings (SSSR count). The second kappa shape index (κ2) is 7.02. The van der Waals surface area contributed by atoms with Gasteiger partial charge in [0.1, 0.15) is 12.4 Å². The van der Waals surface area contributed by atoms with Crippen molar-refractivity contribution in [3.05, 3.63) is 76.9 Å². The summed E-state index contributed by atoms with van der Waals surface area (Å²) in [6.07, 6.45) is 1.65. The monoisotopic (exact) mass is 383 g/mol. The van der Waals surface area contributed by atoms with E-state index in [1.54, 1.807) is 18.3 Å². The average molecular weight is 384 g/mol. The fourth-order valence-electron chi connectivity index (χ4n) is 3.03. The van der Waals surface area contributed by atoms with E-state index < -0.39 is 0 Å². The Morgan fingerprint density at radius 3 is 2.65 bits per heavy atom. The molecular weight excluding hydrogens is 369 g/mol. The van der Waals surface area contributed by atoms with Gasteiger partial charge in [-0.25, -0.2) is 0 Å². The van der Waals surface area contributed by atoms with E-state index >= 15 is 0 Å². The van der Waals surface area contributed by atoms with Crippen molar-refractivity contribution in [1.82, 2.24) is 4.98 Å². The van der Waals surface area contributed by atoms with Crippen LogP contribution in [-0.2, 0) is 6.61 Å². The number of nitrogens with one attached hydrogen (secondary N) is 1. The molecule has 5 heteroatoms. The highest BCUT2D eigenvalue weighted by atomic mass is 35.5. The predicted octanol–water partition coefficient (Wildman–Crippen LogP) is 5.98. The van der Waals surface area contributed by atoms with E-state index in [1.165, 1.54) is 5.39 Å². The van der Waals surface area contributed by atoms with Crippen LogP contribution in [0.15, 0.2) is 60.8 Å². The molecule has 0 spiro atoms. The quantitative estimate of drug-likeness (QED) is 0.340. The number of hydrogen-bond acceptors (Lipinski definition) is 2. The lowest BCUT2D eigenvalue weighted by Crippen LogP contribution is -1.99. The minimum absolute atomic E-state index is 0.0666. The van der Waals surface area contributed by atoms with E-state index in [-0.39, 0.29) is 11.7 Å². The molecule has 26 heavy (non-hydrogen) atoms. The Bertz CT molecular complexity index is 1120. The Kier molecular flexibility index (Phi) is 4.58. The summed E-state index contributed by atoms with van der Waals surface area (Å²) >= 11 is 12.0. The van der Waals surface area contributed by atoms with Crippen LogP contribution in [-0.4, -0.2) is 16.6 Å². The number of ketones is 1. The largest absolute Gasteiger partial charge is 0.487 e. The Morgan fingerprint density at radius 2 is 1.85 bits per heavy atom. The van der Waals surface area contributed by atoms with Crippen LogP contribution in [0.25, 0.3) is 21.7 Å². The summed E-state index contributed by atoms with van der Waals surface area (Å²) in [5, 5.41) is 3.60. The van der Waals surface area contributed by atoms with Gasteiger partial charge in [0.25, 0.3) is 0 Å². The zero-order valence-corrected chi connectivity index (χ0v) is 15.3. The smallest absolute Gasteiger partial charge is 0.179 e. The van der Waals surface area contributed by atoms with Gasteiger partial charge >= 0.3 is 0 Å². The summed E-state index contributed by atoms with van der Waals surface area (Å²) in [5.41, 5.74) is 2.37. The molecule has 0 radical (unpaired) electrons. The molecule has 0 bridgehead atoms.